The molecule has 0 fully saturated rings. The van der Waals surface area contributed by atoms with Crippen LogP contribution in [-0.2, 0) is 11.8 Å². The summed E-state index contributed by atoms with van der Waals surface area (Å²) in [5.74, 6) is 0.0313. The van der Waals surface area contributed by atoms with Gasteiger partial charge >= 0.3 is 0 Å². The van der Waals surface area contributed by atoms with Gasteiger partial charge in [0.05, 0.1) is 5.69 Å². The summed E-state index contributed by atoms with van der Waals surface area (Å²) in [4.78, 5) is 12.4. The van der Waals surface area contributed by atoms with E-state index in [0.717, 1.165) is 23.4 Å². The van der Waals surface area contributed by atoms with Crippen molar-refractivity contribution < 1.29 is 4.79 Å². The van der Waals surface area contributed by atoms with Gasteiger partial charge in [-0.25, -0.2) is 0 Å². The predicted molar refractivity (Wildman–Crippen MR) is 103 cm³/mol. The maximum Gasteiger partial charge on any atom is 0.225 e. The molecule has 0 bridgehead atoms. The predicted octanol–water partition coefficient (Wildman–Crippen LogP) is 3.80. The van der Waals surface area contributed by atoms with E-state index in [2.05, 4.69) is 36.5 Å². The van der Waals surface area contributed by atoms with Gasteiger partial charge in [0.1, 0.15) is 0 Å². The minimum absolute atomic E-state index is 0.0313. The molecule has 25 heavy (non-hydrogen) atoms. The molecule has 0 aliphatic heterocycles. The first-order valence-corrected chi connectivity index (χ1v) is 8.95. The van der Waals surface area contributed by atoms with Crippen molar-refractivity contribution >= 4 is 11.6 Å². The Balaban J connectivity index is 1.99. The molecule has 5 heteroatoms. The number of aryl methyl sites for hydroxylation is 3. The lowest BCUT2D eigenvalue weighted by atomic mass is 10.0. The molecular formula is C20H30N4O. The Morgan fingerprint density at radius 2 is 1.92 bits per heavy atom. The van der Waals surface area contributed by atoms with Crippen molar-refractivity contribution in [2.24, 2.45) is 7.05 Å². The fourth-order valence-electron chi connectivity index (χ4n) is 3.29. The number of carbonyl (C=O) groups excluding carboxylic acids is 1. The second-order valence-corrected chi connectivity index (χ2v) is 6.80. The third-order valence-electron chi connectivity index (χ3n) is 4.72. The second-order valence-electron chi connectivity index (χ2n) is 6.80. The maximum absolute atomic E-state index is 12.4. The van der Waals surface area contributed by atoms with Gasteiger partial charge in [-0.3, -0.25) is 9.48 Å². The van der Waals surface area contributed by atoms with Crippen molar-refractivity contribution in [2.45, 2.75) is 59.5 Å². The molecule has 1 heterocycles. The Morgan fingerprint density at radius 3 is 2.48 bits per heavy atom. The molecule has 2 N–H and O–H groups in total. The highest BCUT2D eigenvalue weighted by molar-refractivity contribution is 5.91. The molecule has 1 amide bonds. The number of anilines is 1. The highest BCUT2D eigenvalue weighted by Crippen LogP contribution is 2.24. The number of para-hydroxylation sites is 1. The van der Waals surface area contributed by atoms with Gasteiger partial charge in [-0.15, -0.1) is 0 Å². The Labute approximate surface area is 150 Å². The van der Waals surface area contributed by atoms with E-state index in [0.29, 0.717) is 6.42 Å². The van der Waals surface area contributed by atoms with Gasteiger partial charge in [0.25, 0.3) is 0 Å². The van der Waals surface area contributed by atoms with Crippen molar-refractivity contribution in [3.05, 3.63) is 46.8 Å². The third-order valence-corrected chi connectivity index (χ3v) is 4.72. The van der Waals surface area contributed by atoms with Crippen LogP contribution in [0.3, 0.4) is 0 Å². The Bertz CT molecular complexity index is 735. The normalized spacial score (nSPS) is 13.5. The number of hydrogen-bond donors (Lipinski definition) is 2. The first-order valence-electron chi connectivity index (χ1n) is 8.95. The molecule has 0 aliphatic carbocycles. The molecule has 0 unspecified atom stereocenters. The maximum atomic E-state index is 12.4. The van der Waals surface area contributed by atoms with Crippen molar-refractivity contribution in [2.75, 3.05) is 5.32 Å². The largest absolute Gasteiger partial charge is 0.326 e. The van der Waals surface area contributed by atoms with Crippen LogP contribution in [-0.4, -0.2) is 21.7 Å². The Morgan fingerprint density at radius 1 is 1.24 bits per heavy atom. The molecule has 2 atom stereocenters. The quantitative estimate of drug-likeness (QED) is 0.804. The zero-order chi connectivity index (χ0) is 18.6. The lowest BCUT2D eigenvalue weighted by molar-refractivity contribution is -0.116. The average molecular weight is 342 g/mol. The van der Waals surface area contributed by atoms with E-state index in [1.807, 2.05) is 49.8 Å². The van der Waals surface area contributed by atoms with Crippen molar-refractivity contribution in [3.63, 3.8) is 0 Å². The van der Waals surface area contributed by atoms with Crippen molar-refractivity contribution in [1.82, 2.24) is 15.1 Å². The fourth-order valence-corrected chi connectivity index (χ4v) is 3.29. The summed E-state index contributed by atoms with van der Waals surface area (Å²) >= 11 is 0. The van der Waals surface area contributed by atoms with E-state index < -0.39 is 0 Å². The molecule has 136 valence electrons. The van der Waals surface area contributed by atoms with Crippen LogP contribution in [0.2, 0.25) is 0 Å². The third kappa shape index (κ3) is 4.69. The molecule has 1 aromatic carbocycles. The summed E-state index contributed by atoms with van der Waals surface area (Å²) < 4.78 is 1.92. The van der Waals surface area contributed by atoms with Crippen molar-refractivity contribution in [1.29, 1.82) is 0 Å². The zero-order valence-corrected chi connectivity index (χ0v) is 16.2. The summed E-state index contributed by atoms with van der Waals surface area (Å²) in [5, 5.41) is 11.1. The van der Waals surface area contributed by atoms with Crippen LogP contribution < -0.4 is 10.6 Å². The van der Waals surface area contributed by atoms with Gasteiger partial charge in [-0.2, -0.15) is 5.10 Å². The van der Waals surface area contributed by atoms with Crippen LogP contribution in [0.5, 0.6) is 0 Å². The topological polar surface area (TPSA) is 59.0 Å². The van der Waals surface area contributed by atoms with Crippen LogP contribution in [0.1, 0.15) is 55.2 Å². The first-order chi connectivity index (χ1) is 11.8. The molecule has 1 aromatic heterocycles. The highest BCUT2D eigenvalue weighted by Gasteiger charge is 2.21. The Hall–Kier alpha value is -2.14. The molecule has 0 saturated carbocycles. The van der Waals surface area contributed by atoms with Gasteiger partial charge in [0.15, 0.2) is 0 Å². The summed E-state index contributed by atoms with van der Waals surface area (Å²) in [6.07, 6.45) is 1.39. The molecule has 2 aromatic rings. The number of nitrogens with zero attached hydrogens (tertiary/aromatic N) is 2. The van der Waals surface area contributed by atoms with E-state index in [-0.39, 0.29) is 18.0 Å². The molecule has 0 aliphatic rings. The number of aromatic nitrogens is 2. The molecule has 0 saturated heterocycles. The SMILES string of the molecule is CC[C@H](N[C@H](C)CC(=O)Nc1ccccc1C)c1c(C)nn(C)c1C. The molecule has 0 radical (unpaired) electrons. The number of benzene rings is 1. The van der Waals surface area contributed by atoms with Gasteiger partial charge in [0, 0.05) is 42.5 Å². The summed E-state index contributed by atoms with van der Waals surface area (Å²) in [6.45, 7) is 10.3. The van der Waals surface area contributed by atoms with E-state index in [4.69, 9.17) is 0 Å². The summed E-state index contributed by atoms with van der Waals surface area (Å²) in [6, 6.07) is 8.12. The van der Waals surface area contributed by atoms with E-state index in [1.54, 1.807) is 0 Å². The van der Waals surface area contributed by atoms with Crippen molar-refractivity contribution in [3.8, 4) is 0 Å². The monoisotopic (exact) mass is 342 g/mol. The lowest BCUT2D eigenvalue weighted by Gasteiger charge is -2.23. The molecule has 0 spiro atoms. The van der Waals surface area contributed by atoms with Crippen LogP contribution in [0.15, 0.2) is 24.3 Å². The number of rotatable bonds is 7. The second kappa shape index (κ2) is 8.30. The van der Waals surface area contributed by atoms with Crippen LogP contribution >= 0.6 is 0 Å². The number of hydrogen-bond acceptors (Lipinski definition) is 3. The van der Waals surface area contributed by atoms with Crippen LogP contribution in [0, 0.1) is 20.8 Å². The highest BCUT2D eigenvalue weighted by atomic mass is 16.1. The van der Waals surface area contributed by atoms with E-state index in [9.17, 15) is 4.79 Å². The van der Waals surface area contributed by atoms with Crippen LogP contribution in [0.25, 0.3) is 0 Å². The zero-order valence-electron chi connectivity index (χ0n) is 16.2. The lowest BCUT2D eigenvalue weighted by Crippen LogP contribution is -2.34. The van der Waals surface area contributed by atoms with Gasteiger partial charge in [0.2, 0.25) is 5.91 Å². The van der Waals surface area contributed by atoms with Gasteiger partial charge < -0.3 is 10.6 Å². The van der Waals surface area contributed by atoms with Crippen LogP contribution in [0.4, 0.5) is 5.69 Å². The van der Waals surface area contributed by atoms with E-state index >= 15 is 0 Å². The molecule has 2 rings (SSSR count). The first kappa shape index (κ1) is 19.2. The minimum atomic E-state index is 0.0313. The smallest absolute Gasteiger partial charge is 0.225 e. The fraction of sp³-hybridized carbons (Fsp3) is 0.500. The summed E-state index contributed by atoms with van der Waals surface area (Å²) in [7, 11) is 1.97. The van der Waals surface area contributed by atoms with Gasteiger partial charge in [-0.1, -0.05) is 25.1 Å². The number of carbonyl (C=O) groups is 1. The van der Waals surface area contributed by atoms with E-state index in [1.165, 1.54) is 11.3 Å². The minimum Gasteiger partial charge on any atom is -0.326 e. The van der Waals surface area contributed by atoms with Gasteiger partial charge in [-0.05, 0) is 45.7 Å². The standard InChI is InChI=1S/C20H30N4O/c1-7-17(20-15(4)23-24(6)16(20)5)21-14(3)12-19(25)22-18-11-9-8-10-13(18)2/h8-11,14,17,21H,7,12H2,1-6H3,(H,22,25)/t14-,17+/m1/s1. The average Bonchev–Trinajstić information content (AvgIpc) is 2.80. The number of amides is 1. The summed E-state index contributed by atoms with van der Waals surface area (Å²) in [5.41, 5.74) is 5.43. The Kier molecular flexibility index (Phi) is 6.37. The number of nitrogens with one attached hydrogen (secondary N) is 2. The molecule has 5 nitrogen and oxygen atoms in total. The molecular weight excluding hydrogens is 312 g/mol.